The molecular weight excluding hydrogens is 329 g/mol. The maximum Gasteiger partial charge on any atom is 0.246 e. The summed E-state index contributed by atoms with van der Waals surface area (Å²) in [5.74, 6) is 0.423. The zero-order valence-electron chi connectivity index (χ0n) is 14.8. The molecule has 3 rings (SSSR count). The van der Waals surface area contributed by atoms with E-state index in [-0.39, 0.29) is 11.7 Å². The molecule has 132 valence electrons. The number of methoxy groups -OCH3 is 1. The average Bonchev–Trinajstić information content (AvgIpc) is 2.66. The Morgan fingerprint density at radius 1 is 1.04 bits per heavy atom. The van der Waals surface area contributed by atoms with Gasteiger partial charge in [-0.05, 0) is 58.3 Å². The molecule has 26 heavy (non-hydrogen) atoms. The van der Waals surface area contributed by atoms with Gasteiger partial charge < -0.3 is 9.64 Å². The number of likely N-dealkylation sites (N-methyl/N-ethyl adjacent to an activating group) is 1. The van der Waals surface area contributed by atoms with E-state index in [0.717, 1.165) is 27.6 Å². The van der Waals surface area contributed by atoms with Crippen LogP contribution < -0.4 is 4.74 Å². The van der Waals surface area contributed by atoms with Crippen LogP contribution in [0.2, 0.25) is 0 Å². The Labute approximate surface area is 152 Å². The van der Waals surface area contributed by atoms with Gasteiger partial charge in [0, 0.05) is 19.7 Å². The van der Waals surface area contributed by atoms with Gasteiger partial charge in [-0.15, -0.1) is 0 Å². The van der Waals surface area contributed by atoms with E-state index < -0.39 is 0 Å². The van der Waals surface area contributed by atoms with Crippen molar-refractivity contribution in [3.05, 3.63) is 83.7 Å². The zero-order valence-corrected chi connectivity index (χ0v) is 14.8. The number of nitrogens with zero attached hydrogens (tertiary/aromatic N) is 1. The first kappa shape index (κ1) is 17.7. The van der Waals surface area contributed by atoms with Crippen LogP contribution in [0.25, 0.3) is 16.8 Å². The molecule has 0 unspecified atom stereocenters. The van der Waals surface area contributed by atoms with Gasteiger partial charge in [0.05, 0.1) is 7.11 Å². The minimum absolute atomic E-state index is 0.107. The molecule has 3 nitrogen and oxygen atoms in total. The van der Waals surface area contributed by atoms with Gasteiger partial charge in [0.2, 0.25) is 5.91 Å². The lowest BCUT2D eigenvalue weighted by Gasteiger charge is -2.15. The summed E-state index contributed by atoms with van der Waals surface area (Å²) in [4.78, 5) is 13.9. The number of amides is 1. The van der Waals surface area contributed by atoms with Crippen molar-refractivity contribution in [1.82, 2.24) is 4.90 Å². The summed E-state index contributed by atoms with van der Waals surface area (Å²) in [6, 6.07) is 18.0. The second-order valence-electron chi connectivity index (χ2n) is 6.13. The van der Waals surface area contributed by atoms with Crippen LogP contribution in [-0.4, -0.2) is 25.0 Å². The number of carbonyl (C=O) groups is 1. The molecule has 0 aliphatic carbocycles. The van der Waals surface area contributed by atoms with Crippen molar-refractivity contribution >= 4 is 22.8 Å². The van der Waals surface area contributed by atoms with Gasteiger partial charge in [-0.1, -0.05) is 30.3 Å². The molecule has 4 heteroatoms. The van der Waals surface area contributed by atoms with Crippen molar-refractivity contribution in [1.29, 1.82) is 0 Å². The molecule has 0 spiro atoms. The quantitative estimate of drug-likeness (QED) is 0.627. The molecule has 0 aliphatic heterocycles. The lowest BCUT2D eigenvalue weighted by molar-refractivity contribution is -0.125. The third-order valence-electron chi connectivity index (χ3n) is 4.20. The molecule has 0 saturated carbocycles. The summed E-state index contributed by atoms with van der Waals surface area (Å²) in [7, 11) is 3.41. The summed E-state index contributed by atoms with van der Waals surface area (Å²) < 4.78 is 18.1. The van der Waals surface area contributed by atoms with Crippen molar-refractivity contribution in [3.63, 3.8) is 0 Å². The number of hydrogen-bond donors (Lipinski definition) is 0. The van der Waals surface area contributed by atoms with Gasteiger partial charge >= 0.3 is 0 Å². The molecule has 0 N–H and O–H groups in total. The van der Waals surface area contributed by atoms with E-state index >= 15 is 0 Å². The standard InChI is InChI=1S/C22H20FNO2/c1-24(22(25)12-6-16-4-9-20(23)10-5-16)15-17-3-7-19-14-21(26-2)11-8-18(19)13-17/h3-14H,15H2,1-2H3/b12-6+. The number of hydrogen-bond acceptors (Lipinski definition) is 2. The van der Waals surface area contributed by atoms with Gasteiger partial charge in [-0.2, -0.15) is 0 Å². The molecule has 0 aliphatic rings. The predicted octanol–water partition coefficient (Wildman–Crippen LogP) is 4.66. The highest BCUT2D eigenvalue weighted by molar-refractivity contribution is 5.91. The zero-order chi connectivity index (χ0) is 18.5. The van der Waals surface area contributed by atoms with Crippen molar-refractivity contribution in [3.8, 4) is 5.75 Å². The Morgan fingerprint density at radius 2 is 1.73 bits per heavy atom. The van der Waals surface area contributed by atoms with E-state index in [1.807, 2.05) is 30.3 Å². The van der Waals surface area contributed by atoms with Gasteiger partial charge in [0.25, 0.3) is 0 Å². The van der Waals surface area contributed by atoms with Gasteiger partial charge in [-0.3, -0.25) is 4.79 Å². The van der Waals surface area contributed by atoms with E-state index in [4.69, 9.17) is 4.74 Å². The summed E-state index contributed by atoms with van der Waals surface area (Å²) in [6.07, 6.45) is 3.18. The van der Waals surface area contributed by atoms with E-state index in [1.165, 1.54) is 18.2 Å². The van der Waals surface area contributed by atoms with Crippen LogP contribution in [0.15, 0.2) is 66.7 Å². The first-order valence-corrected chi connectivity index (χ1v) is 8.30. The van der Waals surface area contributed by atoms with Gasteiger partial charge in [0.1, 0.15) is 11.6 Å². The lowest BCUT2D eigenvalue weighted by Crippen LogP contribution is -2.24. The molecule has 0 fully saturated rings. The molecular formula is C22H20FNO2. The first-order chi connectivity index (χ1) is 12.5. The molecule has 0 radical (unpaired) electrons. The van der Waals surface area contributed by atoms with Crippen LogP contribution in [0.5, 0.6) is 5.75 Å². The third kappa shape index (κ3) is 4.28. The molecule has 3 aromatic rings. The molecule has 1 amide bonds. The first-order valence-electron chi connectivity index (χ1n) is 8.30. The van der Waals surface area contributed by atoms with Crippen LogP contribution in [0.4, 0.5) is 4.39 Å². The number of fused-ring (bicyclic) bond motifs is 1. The molecule has 0 bridgehead atoms. The fourth-order valence-corrected chi connectivity index (χ4v) is 2.72. The van der Waals surface area contributed by atoms with Crippen LogP contribution in [0, 0.1) is 5.82 Å². The van der Waals surface area contributed by atoms with E-state index in [2.05, 4.69) is 6.07 Å². The number of rotatable bonds is 5. The van der Waals surface area contributed by atoms with Crippen molar-refractivity contribution in [2.45, 2.75) is 6.54 Å². The number of halogens is 1. The summed E-state index contributed by atoms with van der Waals surface area (Å²) >= 11 is 0. The van der Waals surface area contributed by atoms with Gasteiger partial charge in [-0.25, -0.2) is 4.39 Å². The molecule has 0 saturated heterocycles. The van der Waals surface area contributed by atoms with Crippen LogP contribution in [0.3, 0.4) is 0 Å². The Kier molecular flexibility index (Phi) is 5.32. The normalized spacial score (nSPS) is 11.0. The Balaban J connectivity index is 1.68. The highest BCUT2D eigenvalue weighted by Crippen LogP contribution is 2.22. The molecule has 0 atom stereocenters. The Bertz CT molecular complexity index is 948. The summed E-state index contributed by atoms with van der Waals surface area (Å²) in [6.45, 7) is 0.508. The smallest absolute Gasteiger partial charge is 0.246 e. The number of carbonyl (C=O) groups excluding carboxylic acids is 1. The van der Waals surface area contributed by atoms with Crippen LogP contribution in [0.1, 0.15) is 11.1 Å². The Morgan fingerprint density at radius 3 is 2.46 bits per heavy atom. The maximum absolute atomic E-state index is 12.9. The summed E-state index contributed by atoms with van der Waals surface area (Å²) in [5, 5.41) is 2.20. The summed E-state index contributed by atoms with van der Waals surface area (Å²) in [5.41, 5.74) is 1.83. The highest BCUT2D eigenvalue weighted by atomic mass is 19.1. The molecule has 3 aromatic carbocycles. The van der Waals surface area contributed by atoms with Gasteiger partial charge in [0.15, 0.2) is 0 Å². The number of ether oxygens (including phenoxy) is 1. The second kappa shape index (κ2) is 7.83. The van der Waals surface area contributed by atoms with E-state index in [0.29, 0.717) is 6.54 Å². The second-order valence-corrected chi connectivity index (χ2v) is 6.13. The Hall–Kier alpha value is -3.14. The fourth-order valence-electron chi connectivity index (χ4n) is 2.72. The highest BCUT2D eigenvalue weighted by Gasteiger charge is 2.07. The molecule has 0 aromatic heterocycles. The van der Waals surface area contributed by atoms with E-state index in [1.54, 1.807) is 37.3 Å². The number of benzene rings is 3. The minimum Gasteiger partial charge on any atom is -0.497 e. The van der Waals surface area contributed by atoms with Crippen molar-refractivity contribution in [2.75, 3.05) is 14.2 Å². The monoisotopic (exact) mass is 349 g/mol. The molecule has 0 heterocycles. The van der Waals surface area contributed by atoms with Crippen molar-refractivity contribution in [2.24, 2.45) is 0 Å². The predicted molar refractivity (Wildman–Crippen MR) is 102 cm³/mol. The largest absolute Gasteiger partial charge is 0.497 e. The average molecular weight is 349 g/mol. The van der Waals surface area contributed by atoms with E-state index in [9.17, 15) is 9.18 Å². The fraction of sp³-hybridized carbons (Fsp3) is 0.136. The topological polar surface area (TPSA) is 29.5 Å². The third-order valence-corrected chi connectivity index (χ3v) is 4.20. The SMILES string of the molecule is COc1ccc2cc(CN(C)C(=O)/C=C/c3ccc(F)cc3)ccc2c1. The maximum atomic E-state index is 12.9. The van der Waals surface area contributed by atoms with Crippen LogP contribution >= 0.6 is 0 Å². The minimum atomic E-state index is -0.292. The lowest BCUT2D eigenvalue weighted by atomic mass is 10.1. The van der Waals surface area contributed by atoms with Crippen molar-refractivity contribution < 1.29 is 13.9 Å². The van der Waals surface area contributed by atoms with Crippen LogP contribution in [-0.2, 0) is 11.3 Å².